The Balaban J connectivity index is 1.19. The fourth-order valence-corrected chi connectivity index (χ4v) is 4.04. The van der Waals surface area contributed by atoms with Crippen LogP contribution in [0.25, 0.3) is 6.08 Å². The number of morpholine rings is 1. The van der Waals surface area contributed by atoms with E-state index in [-0.39, 0.29) is 0 Å². The third kappa shape index (κ3) is 5.69. The molecule has 1 N–H and O–H groups in total. The minimum absolute atomic E-state index is 0.467. The lowest BCUT2D eigenvalue weighted by Gasteiger charge is -2.26. The monoisotopic (exact) mass is 444 g/mol. The Labute approximate surface area is 194 Å². The number of allylic oxidation sites excluding steroid dienone is 1. The number of aromatic nitrogens is 2. The second-order valence-electron chi connectivity index (χ2n) is 8.30. The Morgan fingerprint density at radius 3 is 2.88 bits per heavy atom. The normalized spacial score (nSPS) is 15.6. The second-order valence-corrected chi connectivity index (χ2v) is 8.30. The summed E-state index contributed by atoms with van der Waals surface area (Å²) in [4.78, 5) is 11.2. The van der Waals surface area contributed by atoms with Crippen LogP contribution in [0.3, 0.4) is 0 Å². The van der Waals surface area contributed by atoms with Crippen molar-refractivity contribution in [1.29, 1.82) is 0 Å². The minimum atomic E-state index is 0.467. The van der Waals surface area contributed by atoms with Crippen LogP contribution >= 0.6 is 0 Å². The van der Waals surface area contributed by atoms with Crippen LogP contribution in [0.1, 0.15) is 18.1 Å². The first kappa shape index (κ1) is 21.4. The van der Waals surface area contributed by atoms with Gasteiger partial charge in [0.15, 0.2) is 0 Å². The molecule has 0 amide bonds. The summed E-state index contributed by atoms with van der Waals surface area (Å²) in [6.45, 7) is 7.19. The number of rotatable bonds is 8. The summed E-state index contributed by atoms with van der Waals surface area (Å²) in [5.41, 5.74) is 4.76. The quantitative estimate of drug-likeness (QED) is 0.541. The van der Waals surface area contributed by atoms with Gasteiger partial charge in [-0.3, -0.25) is 4.90 Å². The molecular weight excluding hydrogens is 416 g/mol. The summed E-state index contributed by atoms with van der Waals surface area (Å²) in [6.07, 6.45) is 4.89. The molecule has 5 rings (SSSR count). The number of ether oxygens (including phenoxy) is 3. The maximum absolute atomic E-state index is 5.99. The minimum Gasteiger partial charge on any atom is -0.492 e. The molecule has 1 aliphatic carbocycles. The van der Waals surface area contributed by atoms with E-state index in [1.165, 1.54) is 16.7 Å². The molecule has 1 fully saturated rings. The molecule has 0 spiro atoms. The van der Waals surface area contributed by atoms with Crippen molar-refractivity contribution < 1.29 is 14.2 Å². The Morgan fingerprint density at radius 2 is 1.97 bits per heavy atom. The standard InChI is InChI=1S/C26H28N4O3/c1-19-15-20-5-6-24(17-21(20)16-19)33-25-7-8-27-26(29-25)28-22-3-2-4-23(18-22)32-14-11-30-9-12-31-13-10-30/h2-8,16-18H,9-15H2,1H3,(H,27,28,29). The molecule has 2 aliphatic rings. The molecule has 1 saturated heterocycles. The van der Waals surface area contributed by atoms with E-state index in [1.807, 2.05) is 30.3 Å². The number of nitrogens with zero attached hydrogens (tertiary/aromatic N) is 3. The second kappa shape index (κ2) is 10.0. The van der Waals surface area contributed by atoms with Crippen LogP contribution in [-0.2, 0) is 11.2 Å². The van der Waals surface area contributed by atoms with Crippen molar-refractivity contribution in [2.75, 3.05) is 44.8 Å². The summed E-state index contributed by atoms with van der Waals surface area (Å²) in [7, 11) is 0. The Bertz CT molecular complexity index is 1140. The molecule has 0 saturated carbocycles. The zero-order valence-electron chi connectivity index (χ0n) is 18.8. The summed E-state index contributed by atoms with van der Waals surface area (Å²) in [5, 5.41) is 3.24. The highest BCUT2D eigenvalue weighted by molar-refractivity contribution is 5.65. The summed E-state index contributed by atoms with van der Waals surface area (Å²) < 4.78 is 17.3. The van der Waals surface area contributed by atoms with Crippen molar-refractivity contribution in [3.63, 3.8) is 0 Å². The van der Waals surface area contributed by atoms with Gasteiger partial charge in [0.1, 0.15) is 18.1 Å². The zero-order valence-corrected chi connectivity index (χ0v) is 18.8. The average Bonchev–Trinajstić information content (AvgIpc) is 3.20. The van der Waals surface area contributed by atoms with Crippen LogP contribution in [0.4, 0.5) is 11.6 Å². The van der Waals surface area contributed by atoms with Crippen molar-refractivity contribution in [3.05, 3.63) is 71.4 Å². The van der Waals surface area contributed by atoms with Gasteiger partial charge in [-0.1, -0.05) is 23.8 Å². The maximum atomic E-state index is 5.99. The topological polar surface area (TPSA) is 68.7 Å². The van der Waals surface area contributed by atoms with Crippen LogP contribution < -0.4 is 14.8 Å². The summed E-state index contributed by atoms with van der Waals surface area (Å²) in [6, 6.07) is 15.7. The van der Waals surface area contributed by atoms with Gasteiger partial charge in [0.25, 0.3) is 0 Å². The van der Waals surface area contributed by atoms with Gasteiger partial charge in [-0.05, 0) is 48.7 Å². The molecule has 7 heteroatoms. The van der Waals surface area contributed by atoms with Gasteiger partial charge < -0.3 is 19.5 Å². The predicted molar refractivity (Wildman–Crippen MR) is 128 cm³/mol. The van der Waals surface area contributed by atoms with Gasteiger partial charge >= 0.3 is 0 Å². The summed E-state index contributed by atoms with van der Waals surface area (Å²) >= 11 is 0. The highest BCUT2D eigenvalue weighted by Gasteiger charge is 2.12. The lowest BCUT2D eigenvalue weighted by atomic mass is 10.1. The number of nitrogens with one attached hydrogen (secondary N) is 1. The molecule has 1 aromatic heterocycles. The fourth-order valence-electron chi connectivity index (χ4n) is 4.04. The third-order valence-corrected chi connectivity index (χ3v) is 5.71. The highest BCUT2D eigenvalue weighted by atomic mass is 16.5. The van der Waals surface area contributed by atoms with E-state index in [1.54, 1.807) is 12.3 Å². The van der Waals surface area contributed by atoms with E-state index in [4.69, 9.17) is 14.2 Å². The first-order chi connectivity index (χ1) is 16.2. The number of hydrogen-bond donors (Lipinski definition) is 1. The zero-order chi connectivity index (χ0) is 22.5. The first-order valence-electron chi connectivity index (χ1n) is 11.3. The molecule has 3 aromatic rings. The van der Waals surface area contributed by atoms with Crippen LogP contribution in [0, 0.1) is 0 Å². The molecule has 0 bridgehead atoms. The number of hydrogen-bond acceptors (Lipinski definition) is 7. The molecule has 1 aliphatic heterocycles. The Morgan fingerprint density at radius 1 is 1.06 bits per heavy atom. The largest absolute Gasteiger partial charge is 0.492 e. The Hall–Kier alpha value is -3.42. The van der Waals surface area contributed by atoms with Crippen molar-refractivity contribution in [2.24, 2.45) is 0 Å². The number of anilines is 2. The van der Waals surface area contributed by atoms with E-state index in [2.05, 4.69) is 45.3 Å². The molecule has 0 atom stereocenters. The molecule has 33 heavy (non-hydrogen) atoms. The van der Waals surface area contributed by atoms with E-state index in [9.17, 15) is 0 Å². The first-order valence-corrected chi connectivity index (χ1v) is 11.3. The fraction of sp³-hybridized carbons (Fsp3) is 0.308. The average molecular weight is 445 g/mol. The van der Waals surface area contributed by atoms with E-state index in [0.29, 0.717) is 18.4 Å². The van der Waals surface area contributed by atoms with Gasteiger partial charge in [-0.2, -0.15) is 4.98 Å². The van der Waals surface area contributed by atoms with Gasteiger partial charge in [-0.25, -0.2) is 4.98 Å². The lowest BCUT2D eigenvalue weighted by molar-refractivity contribution is 0.0322. The van der Waals surface area contributed by atoms with E-state index < -0.39 is 0 Å². The summed E-state index contributed by atoms with van der Waals surface area (Å²) in [5.74, 6) is 2.53. The van der Waals surface area contributed by atoms with Crippen molar-refractivity contribution in [3.8, 4) is 17.4 Å². The SMILES string of the molecule is CC1=Cc2cc(Oc3ccnc(Nc4cccc(OCCN5CCOCC5)c4)n3)ccc2C1. The molecular formula is C26H28N4O3. The van der Waals surface area contributed by atoms with Gasteiger partial charge in [0, 0.05) is 43.7 Å². The van der Waals surface area contributed by atoms with E-state index >= 15 is 0 Å². The highest BCUT2D eigenvalue weighted by Crippen LogP contribution is 2.30. The Kier molecular flexibility index (Phi) is 6.51. The molecule has 170 valence electrons. The maximum Gasteiger partial charge on any atom is 0.230 e. The van der Waals surface area contributed by atoms with Crippen LogP contribution in [0.15, 0.2) is 60.3 Å². The molecule has 0 radical (unpaired) electrons. The third-order valence-electron chi connectivity index (χ3n) is 5.71. The van der Waals surface area contributed by atoms with Gasteiger partial charge in [0.05, 0.1) is 13.2 Å². The van der Waals surface area contributed by atoms with Crippen LogP contribution in [-0.4, -0.2) is 54.3 Å². The molecule has 7 nitrogen and oxygen atoms in total. The van der Waals surface area contributed by atoms with E-state index in [0.717, 1.165) is 56.5 Å². The smallest absolute Gasteiger partial charge is 0.230 e. The predicted octanol–water partition coefficient (Wildman–Crippen LogP) is 4.68. The van der Waals surface area contributed by atoms with Crippen molar-refractivity contribution in [1.82, 2.24) is 14.9 Å². The molecule has 2 aromatic carbocycles. The lowest BCUT2D eigenvalue weighted by Crippen LogP contribution is -2.38. The van der Waals surface area contributed by atoms with Gasteiger partial charge in [0.2, 0.25) is 11.8 Å². The van der Waals surface area contributed by atoms with Crippen LogP contribution in [0.5, 0.6) is 17.4 Å². The van der Waals surface area contributed by atoms with Gasteiger partial charge in [-0.15, -0.1) is 0 Å². The molecule has 2 heterocycles. The number of benzene rings is 2. The van der Waals surface area contributed by atoms with Crippen molar-refractivity contribution >= 4 is 17.7 Å². The van der Waals surface area contributed by atoms with Crippen molar-refractivity contribution in [2.45, 2.75) is 13.3 Å². The number of fused-ring (bicyclic) bond motifs is 1. The molecule has 0 unspecified atom stereocenters. The van der Waals surface area contributed by atoms with Crippen LogP contribution in [0.2, 0.25) is 0 Å².